The number of hydrogen-bond acceptors (Lipinski definition) is 5. The van der Waals surface area contributed by atoms with Gasteiger partial charge < -0.3 is 4.55 Å². The number of carbonyl (C=O) groups excluding carboxylic acids is 2. The van der Waals surface area contributed by atoms with Crippen LogP contribution in [-0.2, 0) is 14.9 Å². The van der Waals surface area contributed by atoms with Crippen molar-refractivity contribution in [2.24, 2.45) is 0 Å². The summed E-state index contributed by atoms with van der Waals surface area (Å²) in [5.41, 5.74) is 0. The zero-order chi connectivity index (χ0) is 9.07. The van der Waals surface area contributed by atoms with Crippen LogP contribution in [0.15, 0.2) is 0 Å². The second kappa shape index (κ2) is 5.90. The minimum Gasteiger partial charge on any atom is -0.740 e. The molecule has 0 aliphatic heterocycles. The summed E-state index contributed by atoms with van der Waals surface area (Å²) in [6.07, 6.45) is 0. The molecular weight excluding hydrogens is 221 g/mol. The van der Waals surface area contributed by atoms with Gasteiger partial charge in [0.05, 0.1) is 0 Å². The molecule has 0 fully saturated rings. The van der Waals surface area contributed by atoms with Crippen LogP contribution in [0, 0.1) is 0 Å². The van der Waals surface area contributed by atoms with E-state index < -0.39 is 27.1 Å². The molecule has 0 saturated heterocycles. The first-order valence-electron chi connectivity index (χ1n) is 2.23. The van der Waals surface area contributed by atoms with E-state index in [2.05, 4.69) is 0 Å². The third-order valence-corrected chi connectivity index (χ3v) is 1.39. The van der Waals surface area contributed by atoms with E-state index in [-0.39, 0.29) is 29.6 Å². The molecule has 0 unspecified atom stereocenters. The van der Waals surface area contributed by atoms with Gasteiger partial charge in [0.1, 0.15) is 5.88 Å². The van der Waals surface area contributed by atoms with Crippen molar-refractivity contribution in [3.05, 3.63) is 0 Å². The van der Waals surface area contributed by atoms with Crippen LogP contribution >= 0.6 is 11.6 Å². The maximum absolute atomic E-state index is 10.2. The first-order valence-corrected chi connectivity index (χ1v) is 4.18. The van der Waals surface area contributed by atoms with E-state index in [9.17, 15) is 22.6 Å². The second-order valence-corrected chi connectivity index (χ2v) is 2.97. The largest absolute Gasteiger partial charge is 1.00 e. The Morgan fingerprint density at radius 3 is 2.08 bits per heavy atom. The molecule has 0 aromatic carbocycles. The van der Waals surface area contributed by atoms with Crippen LogP contribution < -0.4 is 34.9 Å². The summed E-state index contributed by atoms with van der Waals surface area (Å²) in [5.74, 6) is -1.61. The van der Waals surface area contributed by atoms with Gasteiger partial charge in [-0.15, -0.1) is 11.6 Å². The molecule has 0 rings (SSSR count). The molecule has 0 bridgehead atoms. The molecular formula is C3H3ClNNaO5S. The van der Waals surface area contributed by atoms with Gasteiger partial charge in [0.2, 0.25) is 5.91 Å². The van der Waals surface area contributed by atoms with Gasteiger partial charge in [-0.3, -0.25) is 14.9 Å². The van der Waals surface area contributed by atoms with Crippen LogP contribution in [0.2, 0.25) is 0 Å². The summed E-state index contributed by atoms with van der Waals surface area (Å²) >= 11 is 4.89. The van der Waals surface area contributed by atoms with E-state index in [4.69, 9.17) is 11.6 Å². The summed E-state index contributed by atoms with van der Waals surface area (Å²) in [5, 5.41) is -0.627. The Balaban J connectivity index is 0. The Morgan fingerprint density at radius 2 is 1.83 bits per heavy atom. The van der Waals surface area contributed by atoms with Gasteiger partial charge in [-0.25, -0.2) is 8.42 Å². The minimum absolute atomic E-state index is 0. The third kappa shape index (κ3) is 5.92. The Labute approximate surface area is 95.7 Å². The van der Waals surface area contributed by atoms with Crippen molar-refractivity contribution < 1.29 is 52.1 Å². The van der Waals surface area contributed by atoms with Crippen LogP contribution in [-0.4, -0.2) is 30.0 Å². The maximum Gasteiger partial charge on any atom is 1.00 e. The topological polar surface area (TPSA) is 103 Å². The van der Waals surface area contributed by atoms with E-state index in [1.807, 2.05) is 0 Å². The first kappa shape index (κ1) is 14.8. The smallest absolute Gasteiger partial charge is 0.740 e. The number of imide groups is 1. The minimum atomic E-state index is -5.09. The summed E-state index contributed by atoms with van der Waals surface area (Å²) < 4.78 is 29.5. The molecule has 12 heavy (non-hydrogen) atoms. The summed E-state index contributed by atoms with van der Waals surface area (Å²) in [6.45, 7) is 0. The molecule has 64 valence electrons. The van der Waals surface area contributed by atoms with Crippen LogP contribution in [0.5, 0.6) is 0 Å². The van der Waals surface area contributed by atoms with Gasteiger partial charge in [-0.05, 0) is 0 Å². The van der Waals surface area contributed by atoms with Crippen LogP contribution in [0.3, 0.4) is 0 Å². The Kier molecular flexibility index (Phi) is 7.29. The molecule has 0 aliphatic rings. The number of carbonyl (C=O) groups is 2. The van der Waals surface area contributed by atoms with Crippen LogP contribution in [0.1, 0.15) is 0 Å². The SMILES string of the molecule is O=C(CCl)NC(=O)S(=O)(=O)[O-].[Na+]. The van der Waals surface area contributed by atoms with Crippen molar-refractivity contribution in [3.63, 3.8) is 0 Å². The van der Waals surface area contributed by atoms with E-state index in [1.54, 1.807) is 0 Å². The molecule has 9 heteroatoms. The average molecular weight is 224 g/mol. The fourth-order valence-corrected chi connectivity index (χ4v) is 0.515. The predicted octanol–water partition coefficient (Wildman–Crippen LogP) is -3.99. The normalized spacial score (nSPS) is 9.83. The van der Waals surface area contributed by atoms with Crippen molar-refractivity contribution in [3.8, 4) is 0 Å². The number of alkyl halides is 1. The maximum atomic E-state index is 10.2. The van der Waals surface area contributed by atoms with Crippen molar-refractivity contribution >= 4 is 32.9 Å². The van der Waals surface area contributed by atoms with Crippen molar-refractivity contribution in [2.75, 3.05) is 5.88 Å². The quantitative estimate of drug-likeness (QED) is 0.277. The molecule has 0 aliphatic carbocycles. The Morgan fingerprint density at radius 1 is 1.42 bits per heavy atom. The Bertz CT molecular complexity index is 274. The van der Waals surface area contributed by atoms with Crippen molar-refractivity contribution in [2.45, 2.75) is 0 Å². The van der Waals surface area contributed by atoms with Crippen LogP contribution in [0.25, 0.3) is 0 Å². The van der Waals surface area contributed by atoms with Gasteiger partial charge in [-0.1, -0.05) is 0 Å². The molecule has 0 aromatic heterocycles. The number of hydrogen-bond donors (Lipinski definition) is 1. The molecule has 0 atom stereocenters. The molecule has 2 amide bonds. The number of rotatable bonds is 1. The van der Waals surface area contributed by atoms with Gasteiger partial charge in [0.15, 0.2) is 10.1 Å². The van der Waals surface area contributed by atoms with Crippen molar-refractivity contribution in [1.29, 1.82) is 0 Å². The zero-order valence-corrected chi connectivity index (χ0v) is 9.61. The number of nitrogens with one attached hydrogen (secondary N) is 1. The molecule has 0 saturated carbocycles. The number of amides is 2. The molecule has 0 spiro atoms. The summed E-state index contributed by atoms with van der Waals surface area (Å²) in [6, 6.07) is 0. The van der Waals surface area contributed by atoms with E-state index >= 15 is 0 Å². The molecule has 0 radical (unpaired) electrons. The molecule has 1 N–H and O–H groups in total. The Hall–Kier alpha value is 0.340. The second-order valence-electron chi connectivity index (χ2n) is 1.42. The molecule has 6 nitrogen and oxygen atoms in total. The van der Waals surface area contributed by atoms with Crippen LogP contribution in [0.4, 0.5) is 4.79 Å². The zero-order valence-electron chi connectivity index (χ0n) is 6.03. The summed E-state index contributed by atoms with van der Waals surface area (Å²) in [7, 11) is -5.09. The summed E-state index contributed by atoms with van der Waals surface area (Å²) in [4.78, 5) is 20.3. The first-order chi connectivity index (χ1) is 4.88. The third-order valence-electron chi connectivity index (χ3n) is 0.590. The van der Waals surface area contributed by atoms with Gasteiger partial charge in [0, 0.05) is 0 Å². The average Bonchev–Trinajstić information content (AvgIpc) is 1.85. The fourth-order valence-electron chi connectivity index (χ4n) is 0.210. The monoisotopic (exact) mass is 223 g/mol. The van der Waals surface area contributed by atoms with Gasteiger partial charge >= 0.3 is 34.8 Å². The van der Waals surface area contributed by atoms with E-state index in [0.717, 1.165) is 0 Å². The van der Waals surface area contributed by atoms with Gasteiger partial charge in [-0.2, -0.15) is 0 Å². The number of halogens is 1. The molecule has 0 aromatic rings. The van der Waals surface area contributed by atoms with Gasteiger partial charge in [0.25, 0.3) is 0 Å². The predicted molar refractivity (Wildman–Crippen MR) is 34.0 cm³/mol. The van der Waals surface area contributed by atoms with Crippen molar-refractivity contribution in [1.82, 2.24) is 5.32 Å². The molecule has 0 heterocycles. The van der Waals surface area contributed by atoms with E-state index in [1.165, 1.54) is 5.32 Å². The van der Waals surface area contributed by atoms with E-state index in [0.29, 0.717) is 0 Å². The fraction of sp³-hybridized carbons (Fsp3) is 0.333. The standard InChI is InChI=1S/C3H4ClNO5S.Na/c4-1-2(6)5-3(7)11(8,9)10;/h1H2,(H,5,6,7)(H,8,9,10);/q;+1/p-1.